The first kappa shape index (κ1) is 21.9. The summed E-state index contributed by atoms with van der Waals surface area (Å²) in [5.41, 5.74) is 0. The molecule has 0 atom stereocenters. The highest BCUT2D eigenvalue weighted by atomic mass is 16.1. The van der Waals surface area contributed by atoms with Gasteiger partial charge in [0.25, 0.3) is 0 Å². The summed E-state index contributed by atoms with van der Waals surface area (Å²) in [6.07, 6.45) is 6.12. The molecule has 106 valence electrons. The van der Waals surface area contributed by atoms with Gasteiger partial charge < -0.3 is 9.69 Å². The highest BCUT2D eigenvalue weighted by Crippen LogP contribution is 2.03. The Labute approximate surface area is 110 Å². The number of aldehydes is 1. The Morgan fingerprint density at radius 1 is 1.00 bits per heavy atom. The largest absolute Gasteiger partial charge is 0.304 e. The molecule has 0 unspecified atom stereocenters. The molecule has 0 aliphatic heterocycles. The van der Waals surface area contributed by atoms with Gasteiger partial charge in [-0.15, -0.1) is 0 Å². The number of hydrogen-bond acceptors (Lipinski definition) is 2. The van der Waals surface area contributed by atoms with Crippen molar-refractivity contribution < 1.29 is 4.79 Å². The molecule has 0 aromatic rings. The lowest BCUT2D eigenvalue weighted by Gasteiger charge is -2.25. The molecule has 0 aliphatic carbocycles. The van der Waals surface area contributed by atoms with Crippen LogP contribution in [0.2, 0.25) is 0 Å². The summed E-state index contributed by atoms with van der Waals surface area (Å²) in [6.45, 7) is 17.1. The number of hydrogen-bond donors (Lipinski definition) is 0. The third-order valence-electron chi connectivity index (χ3n) is 2.29. The van der Waals surface area contributed by atoms with E-state index in [4.69, 9.17) is 4.79 Å². The molecule has 0 saturated heterocycles. The quantitative estimate of drug-likeness (QED) is 0.485. The van der Waals surface area contributed by atoms with Gasteiger partial charge in [-0.25, -0.2) is 0 Å². The highest BCUT2D eigenvalue weighted by Gasteiger charge is 2.06. The SMILES string of the molecule is CC.CC=O.CCCCCN(CCC)C(C)C. The van der Waals surface area contributed by atoms with Crippen molar-refractivity contribution in [2.75, 3.05) is 13.1 Å². The van der Waals surface area contributed by atoms with Crippen molar-refractivity contribution in [2.24, 2.45) is 0 Å². The summed E-state index contributed by atoms with van der Waals surface area (Å²) in [7, 11) is 0. The molecular formula is C15H35NO. The minimum Gasteiger partial charge on any atom is -0.304 e. The van der Waals surface area contributed by atoms with E-state index in [9.17, 15) is 0 Å². The maximum atomic E-state index is 8.81. The lowest BCUT2D eigenvalue weighted by atomic mass is 10.2. The van der Waals surface area contributed by atoms with Gasteiger partial charge in [0.15, 0.2) is 0 Å². The predicted molar refractivity (Wildman–Crippen MR) is 79.6 cm³/mol. The predicted octanol–water partition coefficient (Wildman–Crippen LogP) is 4.53. The van der Waals surface area contributed by atoms with Crippen LogP contribution in [0.15, 0.2) is 0 Å². The average Bonchev–Trinajstić information content (AvgIpc) is 2.31. The third-order valence-corrected chi connectivity index (χ3v) is 2.29. The Balaban J connectivity index is -0.000000337. The van der Waals surface area contributed by atoms with Crippen LogP contribution < -0.4 is 0 Å². The van der Waals surface area contributed by atoms with Gasteiger partial charge >= 0.3 is 0 Å². The summed E-state index contributed by atoms with van der Waals surface area (Å²) in [5, 5.41) is 0. The van der Waals surface area contributed by atoms with E-state index >= 15 is 0 Å². The van der Waals surface area contributed by atoms with E-state index in [0.29, 0.717) is 0 Å². The second-order valence-corrected chi connectivity index (χ2v) is 4.07. The molecule has 17 heavy (non-hydrogen) atoms. The molecule has 0 fully saturated rings. The zero-order valence-corrected chi connectivity index (χ0v) is 13.3. The molecule has 0 radical (unpaired) electrons. The Morgan fingerprint density at radius 3 is 1.76 bits per heavy atom. The van der Waals surface area contributed by atoms with Crippen LogP contribution in [0.1, 0.15) is 74.1 Å². The van der Waals surface area contributed by atoms with Crippen LogP contribution in [0.5, 0.6) is 0 Å². The molecular weight excluding hydrogens is 210 g/mol. The van der Waals surface area contributed by atoms with E-state index < -0.39 is 0 Å². The lowest BCUT2D eigenvalue weighted by Crippen LogP contribution is -2.32. The van der Waals surface area contributed by atoms with E-state index in [1.54, 1.807) is 0 Å². The van der Waals surface area contributed by atoms with Crippen molar-refractivity contribution in [1.29, 1.82) is 0 Å². The Bertz CT molecular complexity index is 124. The van der Waals surface area contributed by atoms with Crippen LogP contribution >= 0.6 is 0 Å². The number of rotatable bonds is 7. The van der Waals surface area contributed by atoms with Gasteiger partial charge in [0.1, 0.15) is 6.29 Å². The van der Waals surface area contributed by atoms with Crippen LogP contribution in [-0.2, 0) is 4.79 Å². The normalized spacial score (nSPS) is 9.24. The monoisotopic (exact) mass is 245 g/mol. The van der Waals surface area contributed by atoms with E-state index in [1.807, 2.05) is 13.8 Å². The molecule has 2 nitrogen and oxygen atoms in total. The van der Waals surface area contributed by atoms with Crippen molar-refractivity contribution in [2.45, 2.75) is 80.2 Å². The van der Waals surface area contributed by atoms with E-state index in [2.05, 4.69) is 32.6 Å². The van der Waals surface area contributed by atoms with Gasteiger partial charge in [-0.3, -0.25) is 0 Å². The molecule has 0 heterocycles. The topological polar surface area (TPSA) is 20.3 Å². The number of unbranched alkanes of at least 4 members (excludes halogenated alkanes) is 2. The standard InChI is InChI=1S/C11H25N.C2H4O.C2H6/c1-5-7-8-10-12(9-6-2)11(3)4;1-2-3;1-2/h11H,5-10H2,1-4H3;2H,1H3;1-2H3. The smallest absolute Gasteiger partial charge is 0.116 e. The van der Waals surface area contributed by atoms with Crippen molar-refractivity contribution in [3.8, 4) is 0 Å². The number of carbonyl (C=O) groups is 1. The van der Waals surface area contributed by atoms with Gasteiger partial charge in [-0.1, -0.05) is 40.5 Å². The second-order valence-electron chi connectivity index (χ2n) is 4.07. The molecule has 0 N–H and O–H groups in total. The summed E-state index contributed by atoms with van der Waals surface area (Å²) in [4.78, 5) is 11.4. The maximum Gasteiger partial charge on any atom is 0.116 e. The summed E-state index contributed by atoms with van der Waals surface area (Å²) >= 11 is 0. The van der Waals surface area contributed by atoms with Gasteiger partial charge in [0, 0.05) is 6.04 Å². The van der Waals surface area contributed by atoms with Crippen LogP contribution in [0.3, 0.4) is 0 Å². The Kier molecular flexibility index (Phi) is 27.0. The minimum atomic E-state index is 0.724. The van der Waals surface area contributed by atoms with Crippen molar-refractivity contribution >= 4 is 6.29 Å². The molecule has 2 heteroatoms. The first-order valence-corrected chi connectivity index (χ1v) is 7.27. The van der Waals surface area contributed by atoms with E-state index in [1.165, 1.54) is 45.7 Å². The van der Waals surface area contributed by atoms with Crippen LogP contribution in [0.4, 0.5) is 0 Å². The Hall–Kier alpha value is -0.370. The fraction of sp³-hybridized carbons (Fsp3) is 0.933. The number of carbonyl (C=O) groups excluding carboxylic acids is 1. The minimum absolute atomic E-state index is 0.724. The molecule has 0 amide bonds. The molecule has 0 saturated carbocycles. The zero-order valence-electron chi connectivity index (χ0n) is 13.3. The van der Waals surface area contributed by atoms with Crippen molar-refractivity contribution in [3.63, 3.8) is 0 Å². The molecule has 0 spiro atoms. The first-order chi connectivity index (χ1) is 8.13. The summed E-state index contributed by atoms with van der Waals surface area (Å²) in [6, 6.07) is 0.724. The fourth-order valence-electron chi connectivity index (χ4n) is 1.48. The van der Waals surface area contributed by atoms with Gasteiger partial charge in [0.05, 0.1) is 0 Å². The number of nitrogens with zero attached hydrogens (tertiary/aromatic N) is 1. The molecule has 0 aliphatic rings. The van der Waals surface area contributed by atoms with Crippen molar-refractivity contribution in [3.05, 3.63) is 0 Å². The van der Waals surface area contributed by atoms with Gasteiger partial charge in [-0.05, 0) is 46.7 Å². The second kappa shape index (κ2) is 21.0. The molecule has 0 aromatic heterocycles. The average molecular weight is 245 g/mol. The summed E-state index contributed by atoms with van der Waals surface area (Å²) < 4.78 is 0. The lowest BCUT2D eigenvalue weighted by molar-refractivity contribution is -0.106. The summed E-state index contributed by atoms with van der Waals surface area (Å²) in [5.74, 6) is 0. The maximum absolute atomic E-state index is 8.81. The molecule has 0 bridgehead atoms. The third kappa shape index (κ3) is 21.5. The Morgan fingerprint density at radius 2 is 1.47 bits per heavy atom. The van der Waals surface area contributed by atoms with Crippen LogP contribution in [-0.4, -0.2) is 30.3 Å². The van der Waals surface area contributed by atoms with Gasteiger partial charge in [0.2, 0.25) is 0 Å². The van der Waals surface area contributed by atoms with E-state index in [0.717, 1.165) is 12.3 Å². The molecule has 0 rings (SSSR count). The van der Waals surface area contributed by atoms with Crippen LogP contribution in [0, 0.1) is 0 Å². The van der Waals surface area contributed by atoms with Crippen LogP contribution in [0.25, 0.3) is 0 Å². The first-order valence-electron chi connectivity index (χ1n) is 7.27. The van der Waals surface area contributed by atoms with Crippen molar-refractivity contribution in [1.82, 2.24) is 4.90 Å². The highest BCUT2D eigenvalue weighted by molar-refractivity contribution is 5.44. The zero-order chi connectivity index (χ0) is 14.1. The van der Waals surface area contributed by atoms with Gasteiger partial charge in [-0.2, -0.15) is 0 Å². The fourth-order valence-corrected chi connectivity index (χ4v) is 1.48. The molecule has 0 aromatic carbocycles. The van der Waals surface area contributed by atoms with E-state index in [-0.39, 0.29) is 0 Å².